The van der Waals surface area contributed by atoms with Gasteiger partial charge in [0.15, 0.2) is 5.16 Å². The fraction of sp³-hybridized carbons (Fsp3) is 0.400. The van der Waals surface area contributed by atoms with Gasteiger partial charge in [0.25, 0.3) is 0 Å². The average Bonchev–Trinajstić information content (AvgIpc) is 2.26. The zero-order chi connectivity index (χ0) is 12.7. The van der Waals surface area contributed by atoms with Crippen LogP contribution in [0.4, 0.5) is 0 Å². The van der Waals surface area contributed by atoms with E-state index < -0.39 is 0 Å². The van der Waals surface area contributed by atoms with Crippen LogP contribution < -0.4 is 0 Å². The Morgan fingerprint density at radius 3 is 2.59 bits per heavy atom. The number of aliphatic imine (C=N–C) groups is 1. The Hall–Kier alpha value is -0.710. The molecule has 0 spiro atoms. The van der Waals surface area contributed by atoms with E-state index in [9.17, 15) is 0 Å². The van der Waals surface area contributed by atoms with Gasteiger partial charge < -0.3 is 0 Å². The van der Waals surface area contributed by atoms with Gasteiger partial charge in [-0.25, -0.2) is 9.97 Å². The molecular formula is C10H12N4S3. The van der Waals surface area contributed by atoms with Crippen LogP contribution in [0.2, 0.25) is 0 Å². The van der Waals surface area contributed by atoms with Crippen molar-refractivity contribution < 1.29 is 0 Å². The lowest BCUT2D eigenvalue weighted by Gasteiger charge is -2.02. The smallest absolute Gasteiger partial charge is 0.207 e. The van der Waals surface area contributed by atoms with Crippen LogP contribution in [0.25, 0.3) is 0 Å². The van der Waals surface area contributed by atoms with Crippen molar-refractivity contribution in [2.24, 2.45) is 4.99 Å². The van der Waals surface area contributed by atoms with Crippen LogP contribution in [-0.4, -0.2) is 25.7 Å². The minimum atomic E-state index is 0.754. The van der Waals surface area contributed by atoms with Crippen molar-refractivity contribution >= 4 is 39.7 Å². The molecule has 17 heavy (non-hydrogen) atoms. The molecule has 1 heterocycles. The van der Waals surface area contributed by atoms with E-state index in [-0.39, 0.29) is 0 Å². The molecule has 0 aliphatic heterocycles. The SMILES string of the molecule is CSC(=NC#N)SCSc1nc(C)cc(C)n1. The van der Waals surface area contributed by atoms with Crippen LogP contribution in [-0.2, 0) is 0 Å². The molecule has 0 aromatic carbocycles. The maximum atomic E-state index is 8.46. The Morgan fingerprint density at radius 1 is 1.41 bits per heavy atom. The summed E-state index contributed by atoms with van der Waals surface area (Å²) in [6, 6.07) is 1.95. The van der Waals surface area contributed by atoms with Gasteiger partial charge in [0.1, 0.15) is 4.38 Å². The number of nitrogens with zero attached hydrogens (tertiary/aromatic N) is 4. The molecule has 0 aliphatic rings. The second kappa shape index (κ2) is 7.58. The van der Waals surface area contributed by atoms with Gasteiger partial charge in [0, 0.05) is 11.4 Å². The molecular weight excluding hydrogens is 272 g/mol. The summed E-state index contributed by atoms with van der Waals surface area (Å²) < 4.78 is 0.768. The van der Waals surface area contributed by atoms with Gasteiger partial charge in [-0.05, 0) is 26.2 Å². The van der Waals surface area contributed by atoms with E-state index in [0.717, 1.165) is 26.0 Å². The molecule has 90 valence electrons. The normalized spacial score (nSPS) is 11.3. The van der Waals surface area contributed by atoms with Gasteiger partial charge in [0.2, 0.25) is 6.19 Å². The number of hydrogen-bond donors (Lipinski definition) is 0. The van der Waals surface area contributed by atoms with Crippen molar-refractivity contribution in [3.63, 3.8) is 0 Å². The average molecular weight is 284 g/mol. The van der Waals surface area contributed by atoms with Gasteiger partial charge in [-0.3, -0.25) is 0 Å². The summed E-state index contributed by atoms with van der Waals surface area (Å²) in [5.41, 5.74) is 1.95. The Bertz CT molecular complexity index is 433. The highest BCUT2D eigenvalue weighted by Crippen LogP contribution is 2.23. The first-order valence-corrected chi connectivity index (χ1v) is 7.94. The monoisotopic (exact) mass is 284 g/mol. The fourth-order valence-corrected chi connectivity index (χ4v) is 3.69. The summed E-state index contributed by atoms with van der Waals surface area (Å²) in [5.74, 6) is 0. The van der Waals surface area contributed by atoms with Crippen LogP contribution in [0, 0.1) is 25.3 Å². The molecule has 1 rings (SSSR count). The predicted molar refractivity (Wildman–Crippen MR) is 76.4 cm³/mol. The van der Waals surface area contributed by atoms with Crippen molar-refractivity contribution in [2.45, 2.75) is 19.0 Å². The maximum absolute atomic E-state index is 8.46. The summed E-state index contributed by atoms with van der Waals surface area (Å²) in [4.78, 5) is 12.4. The van der Waals surface area contributed by atoms with E-state index in [4.69, 9.17) is 5.26 Å². The van der Waals surface area contributed by atoms with E-state index >= 15 is 0 Å². The number of nitriles is 1. The van der Waals surface area contributed by atoms with Crippen molar-refractivity contribution in [3.8, 4) is 6.19 Å². The topological polar surface area (TPSA) is 61.9 Å². The van der Waals surface area contributed by atoms with Crippen LogP contribution in [0.5, 0.6) is 0 Å². The standard InChI is InChI=1S/C10H12N4S3/c1-7-4-8(2)14-9(13-7)16-6-17-10(15-3)12-5-11/h4H,6H2,1-3H3. The molecule has 4 nitrogen and oxygen atoms in total. The minimum absolute atomic E-state index is 0.754. The van der Waals surface area contributed by atoms with Crippen molar-refractivity contribution in [3.05, 3.63) is 17.5 Å². The highest BCUT2D eigenvalue weighted by molar-refractivity contribution is 8.41. The molecule has 0 radical (unpaired) electrons. The Morgan fingerprint density at radius 2 is 2.06 bits per heavy atom. The quantitative estimate of drug-likeness (QED) is 0.212. The lowest BCUT2D eigenvalue weighted by molar-refractivity contribution is 0.904. The Balaban J connectivity index is 2.51. The molecule has 0 unspecified atom stereocenters. The summed E-state index contributed by atoms with van der Waals surface area (Å²) in [6.07, 6.45) is 3.70. The maximum Gasteiger partial charge on any atom is 0.207 e. The first kappa shape index (κ1) is 14.4. The highest BCUT2D eigenvalue weighted by Gasteiger charge is 2.03. The van der Waals surface area contributed by atoms with Crippen molar-refractivity contribution in [1.82, 2.24) is 9.97 Å². The van der Waals surface area contributed by atoms with Gasteiger partial charge in [-0.1, -0.05) is 23.5 Å². The van der Waals surface area contributed by atoms with Crippen LogP contribution in [0.1, 0.15) is 11.4 Å². The third-order valence-electron chi connectivity index (χ3n) is 1.65. The number of aryl methyl sites for hydroxylation is 2. The largest absolute Gasteiger partial charge is 0.228 e. The van der Waals surface area contributed by atoms with Crippen LogP contribution in [0.3, 0.4) is 0 Å². The summed E-state index contributed by atoms with van der Waals surface area (Å²) in [5, 5.41) is 9.99. The second-order valence-corrected chi connectivity index (χ2v) is 6.35. The van der Waals surface area contributed by atoms with E-state index in [1.54, 1.807) is 18.0 Å². The molecule has 0 N–H and O–H groups in total. The van der Waals surface area contributed by atoms with Crippen LogP contribution >= 0.6 is 35.3 Å². The third-order valence-corrected chi connectivity index (χ3v) is 4.66. The second-order valence-electron chi connectivity index (χ2n) is 3.02. The summed E-state index contributed by atoms with van der Waals surface area (Å²) in [6.45, 7) is 3.91. The fourth-order valence-electron chi connectivity index (χ4n) is 1.07. The Labute approximate surface area is 114 Å². The van der Waals surface area contributed by atoms with Gasteiger partial charge in [-0.15, -0.1) is 11.8 Å². The zero-order valence-electron chi connectivity index (χ0n) is 9.80. The van der Waals surface area contributed by atoms with Crippen LogP contribution in [0.15, 0.2) is 16.2 Å². The Kier molecular flexibility index (Phi) is 6.40. The summed E-state index contributed by atoms with van der Waals surface area (Å²) >= 11 is 4.55. The lowest BCUT2D eigenvalue weighted by atomic mass is 10.4. The van der Waals surface area contributed by atoms with E-state index in [0.29, 0.717) is 0 Å². The number of aromatic nitrogens is 2. The molecule has 0 saturated carbocycles. The molecule has 7 heteroatoms. The molecule has 0 aliphatic carbocycles. The first-order chi connectivity index (χ1) is 8.15. The number of thioether (sulfide) groups is 3. The van der Waals surface area contributed by atoms with Gasteiger partial charge in [0.05, 0.1) is 5.08 Å². The molecule has 0 amide bonds. The predicted octanol–water partition coefficient (Wildman–Crippen LogP) is 3.08. The molecule has 1 aromatic heterocycles. The van der Waals surface area contributed by atoms with Gasteiger partial charge >= 0.3 is 0 Å². The molecule has 0 fully saturated rings. The summed E-state index contributed by atoms with van der Waals surface area (Å²) in [7, 11) is 0. The lowest BCUT2D eigenvalue weighted by Crippen LogP contribution is -1.93. The van der Waals surface area contributed by atoms with E-state index in [1.165, 1.54) is 23.5 Å². The molecule has 0 saturated heterocycles. The van der Waals surface area contributed by atoms with Crippen molar-refractivity contribution in [2.75, 3.05) is 11.3 Å². The number of rotatable bonds is 3. The highest BCUT2D eigenvalue weighted by atomic mass is 32.2. The first-order valence-electron chi connectivity index (χ1n) is 4.74. The van der Waals surface area contributed by atoms with E-state index in [2.05, 4.69) is 15.0 Å². The van der Waals surface area contributed by atoms with Crippen molar-refractivity contribution in [1.29, 1.82) is 5.26 Å². The zero-order valence-corrected chi connectivity index (χ0v) is 12.2. The number of hydrogen-bond acceptors (Lipinski definition) is 7. The molecule has 0 bridgehead atoms. The third kappa shape index (κ3) is 5.44. The molecule has 0 atom stereocenters. The van der Waals surface area contributed by atoms with Gasteiger partial charge in [-0.2, -0.15) is 10.3 Å². The van der Waals surface area contributed by atoms with E-state index in [1.807, 2.05) is 26.2 Å². The minimum Gasteiger partial charge on any atom is -0.228 e. The molecule has 1 aromatic rings.